The number of furan rings is 3. The van der Waals surface area contributed by atoms with E-state index in [2.05, 4.69) is 85.9 Å². The van der Waals surface area contributed by atoms with Crippen molar-refractivity contribution in [3.8, 4) is 45.3 Å². The van der Waals surface area contributed by atoms with Crippen molar-refractivity contribution in [1.29, 1.82) is 0 Å². The number of hydrogen-bond acceptors (Lipinski definition) is 6. The first-order valence-corrected chi connectivity index (χ1v) is 21.2. The Morgan fingerprint density at radius 2 is 0.907 bits per heavy atom. The molecule has 1 aliphatic rings. The zero-order valence-corrected chi connectivity index (χ0v) is 30.3. The van der Waals surface area contributed by atoms with E-state index in [4.69, 9.17) is 28.2 Å². The first-order valence-electron chi connectivity index (χ1n) is 18.2. The second-order valence-electron chi connectivity index (χ2n) is 14.7. The van der Waals surface area contributed by atoms with Crippen LogP contribution >= 0.6 is 0 Å². The minimum atomic E-state index is -2.14. The van der Waals surface area contributed by atoms with Gasteiger partial charge in [0.1, 0.15) is 41.6 Å². The smallest absolute Gasteiger partial charge is 0.167 e. The van der Waals surface area contributed by atoms with Crippen molar-refractivity contribution in [1.82, 2.24) is 15.0 Å². The summed E-state index contributed by atoms with van der Waals surface area (Å²) in [5.74, 6) is 1.67. The van der Waals surface area contributed by atoms with Crippen LogP contribution in [-0.2, 0) is 0 Å². The molecule has 0 bridgehead atoms. The molecular formula is C47H29N3O3Si. The Balaban J connectivity index is 1.22. The summed E-state index contributed by atoms with van der Waals surface area (Å²) in [5, 5.41) is 8.80. The van der Waals surface area contributed by atoms with Crippen LogP contribution in [0, 0.1) is 0 Å². The molecule has 54 heavy (non-hydrogen) atoms. The zero-order chi connectivity index (χ0) is 35.7. The fraction of sp³-hybridized carbons (Fsp3) is 0.0426. The number of hydrogen-bond donors (Lipinski definition) is 0. The van der Waals surface area contributed by atoms with Gasteiger partial charge in [-0.05, 0) is 52.3 Å². The first kappa shape index (κ1) is 29.7. The highest BCUT2D eigenvalue weighted by atomic mass is 28.3. The van der Waals surface area contributed by atoms with Gasteiger partial charge in [-0.2, -0.15) is 0 Å². The highest BCUT2D eigenvalue weighted by Gasteiger charge is 2.40. The molecule has 7 aromatic carbocycles. The van der Waals surface area contributed by atoms with Crippen molar-refractivity contribution in [2.75, 3.05) is 0 Å². The Hall–Kier alpha value is -6.83. The summed E-state index contributed by atoms with van der Waals surface area (Å²) >= 11 is 0. The Bertz CT molecular complexity index is 3390. The number of nitrogens with zero attached hydrogens (tertiary/aromatic N) is 3. The van der Waals surface area contributed by atoms with Gasteiger partial charge in [-0.25, -0.2) is 15.0 Å². The summed E-state index contributed by atoms with van der Waals surface area (Å²) in [4.78, 5) is 16.1. The van der Waals surface area contributed by atoms with Crippen LogP contribution in [0.4, 0.5) is 0 Å². The number of benzene rings is 7. The molecule has 0 unspecified atom stereocenters. The lowest BCUT2D eigenvalue weighted by atomic mass is 9.98. The van der Waals surface area contributed by atoms with Crippen molar-refractivity contribution in [2.24, 2.45) is 0 Å². The molecule has 0 spiro atoms. The van der Waals surface area contributed by atoms with Crippen LogP contribution < -0.4 is 10.4 Å². The maximum absolute atomic E-state index is 6.85. The lowest BCUT2D eigenvalue weighted by Gasteiger charge is -2.19. The molecule has 0 fully saturated rings. The normalized spacial score (nSPS) is 13.5. The molecule has 7 heteroatoms. The van der Waals surface area contributed by atoms with Crippen LogP contribution in [0.3, 0.4) is 0 Å². The van der Waals surface area contributed by atoms with Crippen LogP contribution in [0.15, 0.2) is 153 Å². The molecule has 254 valence electrons. The van der Waals surface area contributed by atoms with Crippen LogP contribution in [0.25, 0.3) is 111 Å². The van der Waals surface area contributed by atoms with E-state index in [-0.39, 0.29) is 0 Å². The minimum absolute atomic E-state index is 0.533. The number of rotatable bonds is 3. The largest absolute Gasteiger partial charge is 0.456 e. The summed E-state index contributed by atoms with van der Waals surface area (Å²) in [6.45, 7) is 4.85. The van der Waals surface area contributed by atoms with Crippen molar-refractivity contribution in [3.63, 3.8) is 0 Å². The maximum Gasteiger partial charge on any atom is 0.167 e. The van der Waals surface area contributed by atoms with Gasteiger partial charge >= 0.3 is 0 Å². The summed E-state index contributed by atoms with van der Waals surface area (Å²) in [5.41, 5.74) is 9.91. The molecule has 6 nitrogen and oxygen atoms in total. The fourth-order valence-corrected chi connectivity index (χ4v) is 11.9. The second-order valence-corrected chi connectivity index (χ2v) is 19.0. The van der Waals surface area contributed by atoms with Crippen molar-refractivity contribution < 1.29 is 13.3 Å². The molecular weight excluding hydrogens is 683 g/mol. The van der Waals surface area contributed by atoms with Gasteiger partial charge in [-0.15, -0.1) is 0 Å². The summed E-state index contributed by atoms with van der Waals surface area (Å²) in [7, 11) is -2.14. The number of fused-ring (bicyclic) bond motifs is 13. The van der Waals surface area contributed by atoms with E-state index in [0.29, 0.717) is 17.5 Å². The van der Waals surface area contributed by atoms with Gasteiger partial charge in [0.2, 0.25) is 0 Å². The molecule has 0 saturated carbocycles. The molecule has 1 aliphatic heterocycles. The average Bonchev–Trinajstić information content (AvgIpc) is 3.96. The molecule has 0 saturated heterocycles. The van der Waals surface area contributed by atoms with Crippen molar-refractivity contribution >= 4 is 84.3 Å². The molecule has 0 amide bonds. The monoisotopic (exact) mass is 711 g/mol. The lowest BCUT2D eigenvalue weighted by molar-refractivity contribution is 0.668. The van der Waals surface area contributed by atoms with Crippen LogP contribution in [0.1, 0.15) is 0 Å². The predicted molar refractivity (Wildman–Crippen MR) is 220 cm³/mol. The van der Waals surface area contributed by atoms with E-state index in [1.807, 2.05) is 66.7 Å². The highest BCUT2D eigenvalue weighted by molar-refractivity contribution is 7.04. The minimum Gasteiger partial charge on any atom is -0.456 e. The van der Waals surface area contributed by atoms with E-state index in [0.717, 1.165) is 82.5 Å². The zero-order valence-electron chi connectivity index (χ0n) is 29.3. The fourth-order valence-electron chi connectivity index (χ4n) is 8.85. The van der Waals surface area contributed by atoms with E-state index in [1.54, 1.807) is 0 Å². The quantitative estimate of drug-likeness (QED) is 0.170. The maximum atomic E-state index is 6.85. The van der Waals surface area contributed by atoms with Crippen LogP contribution in [0.5, 0.6) is 0 Å². The van der Waals surface area contributed by atoms with Crippen LogP contribution in [-0.4, -0.2) is 23.0 Å². The summed E-state index contributed by atoms with van der Waals surface area (Å²) in [6.07, 6.45) is 0. The van der Waals surface area contributed by atoms with Gasteiger partial charge in [0.25, 0.3) is 0 Å². The molecule has 0 atom stereocenters. The van der Waals surface area contributed by atoms with Gasteiger partial charge in [0.15, 0.2) is 17.5 Å². The topological polar surface area (TPSA) is 78.1 Å². The Labute approximate surface area is 309 Å². The molecule has 0 N–H and O–H groups in total. The molecule has 0 radical (unpaired) electrons. The average molecular weight is 712 g/mol. The molecule has 4 aromatic heterocycles. The number of para-hydroxylation sites is 4. The molecule has 11 aromatic rings. The van der Waals surface area contributed by atoms with Gasteiger partial charge in [0.05, 0.1) is 5.56 Å². The van der Waals surface area contributed by atoms with Crippen molar-refractivity contribution in [2.45, 2.75) is 13.1 Å². The SMILES string of the molecule is C[Si]1(C)c2ccccc2-c2c1cc(-c1nc(-c3cccc4c3oc3ccccc34)nc(-c3cccc4oc5ccccc5c34)n1)c1c2oc2ccccc21. The lowest BCUT2D eigenvalue weighted by Crippen LogP contribution is -2.49. The van der Waals surface area contributed by atoms with Gasteiger partial charge < -0.3 is 13.3 Å². The molecule has 5 heterocycles. The highest BCUT2D eigenvalue weighted by Crippen LogP contribution is 2.45. The third-order valence-corrected chi connectivity index (χ3v) is 14.9. The molecule has 0 aliphatic carbocycles. The third-order valence-electron chi connectivity index (χ3n) is 11.4. The summed E-state index contributed by atoms with van der Waals surface area (Å²) < 4.78 is 19.7. The molecule has 12 rings (SSSR count). The second kappa shape index (κ2) is 10.6. The third kappa shape index (κ3) is 3.96. The van der Waals surface area contributed by atoms with Crippen molar-refractivity contribution in [3.05, 3.63) is 140 Å². The van der Waals surface area contributed by atoms with E-state index >= 15 is 0 Å². The van der Waals surface area contributed by atoms with Gasteiger partial charge in [-0.3, -0.25) is 0 Å². The summed E-state index contributed by atoms with van der Waals surface area (Å²) in [6, 6.07) is 48.0. The predicted octanol–water partition coefficient (Wildman–Crippen LogP) is 11.4. The first-order chi connectivity index (χ1) is 26.5. The standard InChI is InChI=1S/C47H29N3O3Si/c1-54(2)38-24-10-6-16-30(38)42-39(54)25-33(41-29-15-5-9-22-36(29)53-44(41)42)47-49-45(31-18-12-23-37-40(31)28-14-4-8-21-35(28)51-37)48-46(50-47)32-19-11-17-27-26-13-3-7-20-34(26)52-43(27)32/h3-25H,1-2H3. The van der Waals surface area contributed by atoms with Crippen LogP contribution in [0.2, 0.25) is 13.1 Å². The Morgan fingerprint density at radius 3 is 1.70 bits per heavy atom. The Kier molecular flexibility index (Phi) is 5.84. The number of aromatic nitrogens is 3. The van der Waals surface area contributed by atoms with E-state index < -0.39 is 8.07 Å². The van der Waals surface area contributed by atoms with Gasteiger partial charge in [0, 0.05) is 49.0 Å². The van der Waals surface area contributed by atoms with E-state index in [1.165, 1.54) is 21.5 Å². The van der Waals surface area contributed by atoms with E-state index in [9.17, 15) is 0 Å². The Morgan fingerprint density at radius 1 is 0.389 bits per heavy atom. The van der Waals surface area contributed by atoms with Gasteiger partial charge in [-0.1, -0.05) is 116 Å².